The van der Waals surface area contributed by atoms with Gasteiger partial charge in [0.15, 0.2) is 0 Å². The Hall–Kier alpha value is -3.61. The first-order chi connectivity index (χ1) is 12.8. The van der Waals surface area contributed by atoms with E-state index in [1.165, 1.54) is 25.1 Å². The van der Waals surface area contributed by atoms with Gasteiger partial charge in [-0.2, -0.15) is 0 Å². The van der Waals surface area contributed by atoms with Crippen molar-refractivity contribution in [2.24, 2.45) is 0 Å². The fraction of sp³-hybridized carbons (Fsp3) is 0.150. The molecule has 7 heteroatoms. The van der Waals surface area contributed by atoms with Gasteiger partial charge in [0.2, 0.25) is 5.91 Å². The van der Waals surface area contributed by atoms with Crippen LogP contribution in [0.4, 0.5) is 5.69 Å². The summed E-state index contributed by atoms with van der Waals surface area (Å²) in [4.78, 5) is 35.2. The number of esters is 1. The number of hydrogen-bond donors (Lipinski definition) is 2. The van der Waals surface area contributed by atoms with Crippen LogP contribution in [0.1, 0.15) is 28.4 Å². The third-order valence-corrected chi connectivity index (χ3v) is 3.95. The number of fused-ring (bicyclic) bond motifs is 1. The van der Waals surface area contributed by atoms with Crippen LogP contribution in [0.15, 0.2) is 51.7 Å². The van der Waals surface area contributed by atoms with Crippen LogP contribution in [0.5, 0.6) is 5.75 Å². The third-order valence-electron chi connectivity index (χ3n) is 3.95. The van der Waals surface area contributed by atoms with Gasteiger partial charge >= 0.3 is 11.6 Å². The number of phenols is 1. The lowest BCUT2D eigenvalue weighted by Crippen LogP contribution is -2.09. The molecule has 1 aromatic heterocycles. The second-order valence-corrected chi connectivity index (χ2v) is 6.06. The highest BCUT2D eigenvalue weighted by Gasteiger charge is 2.12. The van der Waals surface area contributed by atoms with Crippen molar-refractivity contribution in [2.75, 3.05) is 5.32 Å². The van der Waals surface area contributed by atoms with Crippen LogP contribution < -0.4 is 10.9 Å². The zero-order valence-electron chi connectivity index (χ0n) is 14.7. The minimum atomic E-state index is -0.624. The summed E-state index contributed by atoms with van der Waals surface area (Å²) in [6.07, 6.45) is 0. The van der Waals surface area contributed by atoms with E-state index in [2.05, 4.69) is 5.32 Å². The first kappa shape index (κ1) is 18.2. The molecule has 3 rings (SSSR count). The maximum absolute atomic E-state index is 12.2. The van der Waals surface area contributed by atoms with Gasteiger partial charge in [-0.3, -0.25) is 4.79 Å². The Morgan fingerprint density at radius 3 is 2.63 bits per heavy atom. The van der Waals surface area contributed by atoms with E-state index in [0.29, 0.717) is 22.2 Å². The lowest BCUT2D eigenvalue weighted by molar-refractivity contribution is -0.114. The third kappa shape index (κ3) is 4.14. The Balaban J connectivity index is 1.85. The largest absolute Gasteiger partial charge is 0.508 e. The van der Waals surface area contributed by atoms with E-state index in [1.807, 2.05) is 0 Å². The lowest BCUT2D eigenvalue weighted by Gasteiger charge is -2.09. The van der Waals surface area contributed by atoms with Crippen LogP contribution in [0.3, 0.4) is 0 Å². The molecule has 0 saturated carbocycles. The fourth-order valence-electron chi connectivity index (χ4n) is 2.59. The predicted octanol–water partition coefficient (Wildman–Crippen LogP) is 3.12. The van der Waals surface area contributed by atoms with Crippen molar-refractivity contribution in [2.45, 2.75) is 20.5 Å². The summed E-state index contributed by atoms with van der Waals surface area (Å²) in [5.74, 6) is -0.870. The van der Waals surface area contributed by atoms with Crippen molar-refractivity contribution < 1.29 is 23.8 Å². The Labute approximate surface area is 154 Å². The monoisotopic (exact) mass is 367 g/mol. The summed E-state index contributed by atoms with van der Waals surface area (Å²) in [7, 11) is 0. The number of carbonyl (C=O) groups excluding carboxylic acids is 2. The smallest absolute Gasteiger partial charge is 0.338 e. The van der Waals surface area contributed by atoms with E-state index in [0.717, 1.165) is 0 Å². The van der Waals surface area contributed by atoms with Crippen LogP contribution in [0, 0.1) is 6.92 Å². The normalized spacial score (nSPS) is 10.6. The topological polar surface area (TPSA) is 106 Å². The molecule has 0 atom stereocenters. The van der Waals surface area contributed by atoms with Crippen molar-refractivity contribution in [3.63, 3.8) is 0 Å². The average molecular weight is 367 g/mol. The number of aromatic hydroxyl groups is 1. The number of benzene rings is 2. The predicted molar refractivity (Wildman–Crippen MR) is 98.8 cm³/mol. The van der Waals surface area contributed by atoms with E-state index in [-0.39, 0.29) is 29.4 Å². The van der Waals surface area contributed by atoms with Gasteiger partial charge in [-0.05, 0) is 36.8 Å². The molecule has 0 unspecified atom stereocenters. The zero-order chi connectivity index (χ0) is 19.6. The summed E-state index contributed by atoms with van der Waals surface area (Å²) in [5.41, 5.74) is 1.49. The molecule has 27 heavy (non-hydrogen) atoms. The minimum Gasteiger partial charge on any atom is -0.508 e. The van der Waals surface area contributed by atoms with Gasteiger partial charge < -0.3 is 19.6 Å². The maximum atomic E-state index is 12.2. The highest BCUT2D eigenvalue weighted by molar-refractivity contribution is 5.92. The Morgan fingerprint density at radius 2 is 1.93 bits per heavy atom. The molecule has 138 valence electrons. The van der Waals surface area contributed by atoms with Gasteiger partial charge in [-0.1, -0.05) is 6.07 Å². The number of phenolic OH excluding ortho intramolecular Hbond substituents is 1. The van der Waals surface area contributed by atoms with Gasteiger partial charge in [0.25, 0.3) is 0 Å². The molecule has 0 aliphatic rings. The molecule has 1 amide bonds. The summed E-state index contributed by atoms with van der Waals surface area (Å²) >= 11 is 0. The highest BCUT2D eigenvalue weighted by atomic mass is 16.5. The molecular formula is C20H17NO6. The highest BCUT2D eigenvalue weighted by Crippen LogP contribution is 2.23. The number of nitrogens with one attached hydrogen (secondary N) is 1. The Bertz CT molecular complexity index is 1100. The molecule has 0 spiro atoms. The Kier molecular flexibility index (Phi) is 4.94. The number of amides is 1. The summed E-state index contributed by atoms with van der Waals surface area (Å²) in [5, 5.41) is 12.9. The van der Waals surface area contributed by atoms with Gasteiger partial charge in [0.1, 0.15) is 17.9 Å². The SMILES string of the molecule is CC(=O)Nc1ccc2c(COC(=O)c3ccc(C)c(O)c3)cc(=O)oc2c1. The average Bonchev–Trinajstić information content (AvgIpc) is 2.60. The van der Waals surface area contributed by atoms with E-state index in [1.54, 1.807) is 31.2 Å². The molecular weight excluding hydrogens is 350 g/mol. The van der Waals surface area contributed by atoms with Gasteiger partial charge in [-0.15, -0.1) is 0 Å². The summed E-state index contributed by atoms with van der Waals surface area (Å²) in [6.45, 7) is 2.95. The van der Waals surface area contributed by atoms with E-state index in [4.69, 9.17) is 9.15 Å². The number of rotatable bonds is 4. The number of ether oxygens (including phenoxy) is 1. The van der Waals surface area contributed by atoms with E-state index < -0.39 is 11.6 Å². The molecule has 2 N–H and O–H groups in total. The van der Waals surface area contributed by atoms with Crippen LogP contribution >= 0.6 is 0 Å². The molecule has 0 saturated heterocycles. The van der Waals surface area contributed by atoms with E-state index >= 15 is 0 Å². The molecule has 7 nitrogen and oxygen atoms in total. The quantitative estimate of drug-likeness (QED) is 0.542. The summed E-state index contributed by atoms with van der Waals surface area (Å²) < 4.78 is 10.4. The van der Waals surface area contributed by atoms with Crippen molar-refractivity contribution in [3.05, 3.63) is 69.6 Å². The first-order valence-corrected chi connectivity index (χ1v) is 8.14. The fourth-order valence-corrected chi connectivity index (χ4v) is 2.59. The number of anilines is 1. The van der Waals surface area contributed by atoms with Crippen molar-refractivity contribution >= 4 is 28.5 Å². The van der Waals surface area contributed by atoms with Crippen LogP contribution in [0.25, 0.3) is 11.0 Å². The first-order valence-electron chi connectivity index (χ1n) is 8.14. The molecule has 1 heterocycles. The van der Waals surface area contributed by atoms with Crippen molar-refractivity contribution in [1.29, 1.82) is 0 Å². The lowest BCUT2D eigenvalue weighted by atomic mass is 10.1. The number of hydrogen-bond acceptors (Lipinski definition) is 6. The second-order valence-electron chi connectivity index (χ2n) is 6.06. The maximum Gasteiger partial charge on any atom is 0.338 e. The number of aryl methyl sites for hydroxylation is 1. The Morgan fingerprint density at radius 1 is 1.15 bits per heavy atom. The van der Waals surface area contributed by atoms with Crippen molar-refractivity contribution in [3.8, 4) is 5.75 Å². The van der Waals surface area contributed by atoms with Gasteiger partial charge in [0.05, 0.1) is 5.56 Å². The molecule has 0 aliphatic carbocycles. The molecule has 3 aromatic rings. The van der Waals surface area contributed by atoms with Crippen LogP contribution in [-0.2, 0) is 16.1 Å². The van der Waals surface area contributed by atoms with Gasteiger partial charge in [0, 0.05) is 35.7 Å². The molecule has 0 aliphatic heterocycles. The minimum absolute atomic E-state index is 0.000700. The molecule has 2 aromatic carbocycles. The van der Waals surface area contributed by atoms with Crippen molar-refractivity contribution in [1.82, 2.24) is 0 Å². The molecule has 0 bridgehead atoms. The van der Waals surface area contributed by atoms with Crippen LogP contribution in [0.2, 0.25) is 0 Å². The molecule has 0 radical (unpaired) electrons. The molecule has 0 fully saturated rings. The van der Waals surface area contributed by atoms with Crippen LogP contribution in [-0.4, -0.2) is 17.0 Å². The standard InChI is InChI=1S/C20H17NO6/c1-11-3-4-13(7-17(11)23)20(25)26-10-14-8-19(24)27-18-9-15(21-12(2)22)5-6-16(14)18/h3-9,23H,10H2,1-2H3,(H,21,22). The number of carbonyl (C=O) groups is 2. The second kappa shape index (κ2) is 7.33. The zero-order valence-corrected chi connectivity index (χ0v) is 14.7. The van der Waals surface area contributed by atoms with Gasteiger partial charge in [-0.25, -0.2) is 9.59 Å². The van der Waals surface area contributed by atoms with E-state index in [9.17, 15) is 19.5 Å². The summed E-state index contributed by atoms with van der Waals surface area (Å²) in [6, 6.07) is 10.6.